The lowest BCUT2D eigenvalue weighted by atomic mass is 10.1. The molecule has 1 aliphatic rings. The topological polar surface area (TPSA) is 88.3 Å². The standard InChI is InChI=1S/C15H16N4O2S/c16-14(20)11-6-13(22-9-11)15(21)19-5-4-18-8-12(19)10-2-1-3-17-7-10/h1-3,6-7,9,12,18H,4-5,8H2,(H2,16,20). The molecule has 0 radical (unpaired) electrons. The van der Waals surface area contributed by atoms with Crippen molar-refractivity contribution >= 4 is 23.2 Å². The van der Waals surface area contributed by atoms with Crippen molar-refractivity contribution < 1.29 is 9.59 Å². The van der Waals surface area contributed by atoms with Crippen LogP contribution in [0.5, 0.6) is 0 Å². The van der Waals surface area contributed by atoms with E-state index >= 15 is 0 Å². The fraction of sp³-hybridized carbons (Fsp3) is 0.267. The monoisotopic (exact) mass is 316 g/mol. The zero-order valence-electron chi connectivity index (χ0n) is 11.9. The van der Waals surface area contributed by atoms with Crippen molar-refractivity contribution in [3.05, 3.63) is 52.0 Å². The Labute approximate surface area is 132 Å². The Morgan fingerprint density at radius 3 is 3.00 bits per heavy atom. The summed E-state index contributed by atoms with van der Waals surface area (Å²) >= 11 is 1.25. The van der Waals surface area contributed by atoms with Crippen LogP contribution >= 0.6 is 11.3 Å². The summed E-state index contributed by atoms with van der Waals surface area (Å²) < 4.78 is 0. The van der Waals surface area contributed by atoms with Crippen LogP contribution in [0.3, 0.4) is 0 Å². The van der Waals surface area contributed by atoms with E-state index in [-0.39, 0.29) is 11.9 Å². The molecule has 0 spiro atoms. The van der Waals surface area contributed by atoms with Gasteiger partial charge in [-0.3, -0.25) is 14.6 Å². The molecule has 2 amide bonds. The first-order valence-electron chi connectivity index (χ1n) is 6.97. The summed E-state index contributed by atoms with van der Waals surface area (Å²) in [6.07, 6.45) is 3.49. The highest BCUT2D eigenvalue weighted by atomic mass is 32.1. The SMILES string of the molecule is NC(=O)c1csc(C(=O)N2CCNCC2c2cccnc2)c1. The minimum Gasteiger partial charge on any atom is -0.366 e. The van der Waals surface area contributed by atoms with Gasteiger partial charge in [-0.2, -0.15) is 0 Å². The van der Waals surface area contributed by atoms with E-state index in [1.807, 2.05) is 17.0 Å². The summed E-state index contributed by atoms with van der Waals surface area (Å²) in [6.45, 7) is 2.05. The first kappa shape index (κ1) is 14.7. The maximum atomic E-state index is 12.8. The summed E-state index contributed by atoms with van der Waals surface area (Å²) in [5.74, 6) is -0.590. The zero-order chi connectivity index (χ0) is 15.5. The molecule has 6 nitrogen and oxygen atoms in total. The maximum Gasteiger partial charge on any atom is 0.264 e. The van der Waals surface area contributed by atoms with Gasteiger partial charge in [0.05, 0.1) is 16.5 Å². The van der Waals surface area contributed by atoms with Crippen molar-refractivity contribution in [2.45, 2.75) is 6.04 Å². The highest BCUT2D eigenvalue weighted by Crippen LogP contribution is 2.25. The van der Waals surface area contributed by atoms with Crippen molar-refractivity contribution in [3.63, 3.8) is 0 Å². The average molecular weight is 316 g/mol. The number of nitrogens with zero attached hydrogens (tertiary/aromatic N) is 2. The highest BCUT2D eigenvalue weighted by Gasteiger charge is 2.29. The molecule has 1 unspecified atom stereocenters. The summed E-state index contributed by atoms with van der Waals surface area (Å²) in [7, 11) is 0. The molecule has 7 heteroatoms. The fourth-order valence-electron chi connectivity index (χ4n) is 2.54. The Bertz CT molecular complexity index is 686. The van der Waals surface area contributed by atoms with E-state index in [1.54, 1.807) is 23.8 Å². The molecular weight excluding hydrogens is 300 g/mol. The third-order valence-corrected chi connectivity index (χ3v) is 4.59. The summed E-state index contributed by atoms with van der Waals surface area (Å²) in [5.41, 5.74) is 6.62. The van der Waals surface area contributed by atoms with Gasteiger partial charge in [0.2, 0.25) is 5.91 Å². The van der Waals surface area contributed by atoms with Crippen LogP contribution in [0.4, 0.5) is 0 Å². The van der Waals surface area contributed by atoms with Gasteiger partial charge < -0.3 is 16.0 Å². The Kier molecular flexibility index (Phi) is 4.17. The van der Waals surface area contributed by atoms with Crippen molar-refractivity contribution in [2.75, 3.05) is 19.6 Å². The molecule has 0 saturated carbocycles. The fourth-order valence-corrected chi connectivity index (χ4v) is 3.39. The third kappa shape index (κ3) is 2.86. The molecule has 0 bridgehead atoms. The van der Waals surface area contributed by atoms with Crippen molar-refractivity contribution in [1.82, 2.24) is 15.2 Å². The number of primary amides is 1. The van der Waals surface area contributed by atoms with Gasteiger partial charge in [-0.1, -0.05) is 6.07 Å². The summed E-state index contributed by atoms with van der Waals surface area (Å²) in [4.78, 5) is 30.4. The number of amides is 2. The van der Waals surface area contributed by atoms with E-state index in [0.717, 1.165) is 12.1 Å². The molecule has 22 heavy (non-hydrogen) atoms. The number of nitrogens with one attached hydrogen (secondary N) is 1. The number of piperazine rings is 1. The molecule has 2 aromatic heterocycles. The van der Waals surface area contributed by atoms with E-state index in [0.29, 0.717) is 23.5 Å². The summed E-state index contributed by atoms with van der Waals surface area (Å²) in [6, 6.07) is 5.34. The Morgan fingerprint density at radius 1 is 1.45 bits per heavy atom. The van der Waals surface area contributed by atoms with Crippen molar-refractivity contribution in [3.8, 4) is 0 Å². The van der Waals surface area contributed by atoms with Gasteiger partial charge in [-0.05, 0) is 17.7 Å². The number of aromatic nitrogens is 1. The van der Waals surface area contributed by atoms with Crippen LogP contribution < -0.4 is 11.1 Å². The quantitative estimate of drug-likeness (QED) is 0.885. The molecule has 3 heterocycles. The molecule has 3 rings (SSSR count). The maximum absolute atomic E-state index is 12.8. The van der Waals surface area contributed by atoms with Gasteiger partial charge in [-0.25, -0.2) is 0 Å². The number of nitrogens with two attached hydrogens (primary N) is 1. The Morgan fingerprint density at radius 2 is 2.32 bits per heavy atom. The van der Waals surface area contributed by atoms with Crippen LogP contribution in [-0.2, 0) is 0 Å². The Hall–Kier alpha value is -2.25. The zero-order valence-corrected chi connectivity index (χ0v) is 12.7. The molecule has 1 aliphatic heterocycles. The van der Waals surface area contributed by atoms with Crippen LogP contribution in [0.25, 0.3) is 0 Å². The molecule has 0 aliphatic carbocycles. The van der Waals surface area contributed by atoms with Gasteiger partial charge in [0.25, 0.3) is 5.91 Å². The second-order valence-corrected chi connectivity index (χ2v) is 5.98. The van der Waals surface area contributed by atoms with Gasteiger partial charge in [0, 0.05) is 37.4 Å². The molecule has 0 aromatic carbocycles. The minimum absolute atomic E-state index is 0.0610. The molecule has 1 atom stereocenters. The number of thiophene rings is 1. The predicted octanol–water partition coefficient (Wildman–Crippen LogP) is 1.03. The molecule has 1 saturated heterocycles. The van der Waals surface area contributed by atoms with Crippen LogP contribution in [0.2, 0.25) is 0 Å². The van der Waals surface area contributed by atoms with Crippen LogP contribution in [0, 0.1) is 0 Å². The lowest BCUT2D eigenvalue weighted by molar-refractivity contribution is 0.0639. The van der Waals surface area contributed by atoms with Crippen LogP contribution in [-0.4, -0.2) is 41.3 Å². The number of rotatable bonds is 3. The first-order chi connectivity index (χ1) is 10.7. The predicted molar refractivity (Wildman–Crippen MR) is 83.7 cm³/mol. The van der Waals surface area contributed by atoms with Crippen LogP contribution in [0.1, 0.15) is 31.6 Å². The average Bonchev–Trinajstić information content (AvgIpc) is 3.05. The second kappa shape index (κ2) is 6.25. The van der Waals surface area contributed by atoms with Crippen molar-refractivity contribution in [2.24, 2.45) is 5.73 Å². The smallest absolute Gasteiger partial charge is 0.264 e. The third-order valence-electron chi connectivity index (χ3n) is 3.67. The molecular formula is C15H16N4O2S. The molecule has 1 fully saturated rings. The molecule has 3 N–H and O–H groups in total. The Balaban J connectivity index is 1.86. The molecule has 2 aromatic rings. The van der Waals surface area contributed by atoms with Gasteiger partial charge in [0.15, 0.2) is 0 Å². The van der Waals surface area contributed by atoms with E-state index in [4.69, 9.17) is 5.73 Å². The number of pyridine rings is 1. The normalized spacial score (nSPS) is 18.2. The van der Waals surface area contributed by atoms with Crippen LogP contribution in [0.15, 0.2) is 36.0 Å². The van der Waals surface area contributed by atoms with Gasteiger partial charge >= 0.3 is 0 Å². The number of hydrogen-bond donors (Lipinski definition) is 2. The van der Waals surface area contributed by atoms with E-state index in [9.17, 15) is 9.59 Å². The minimum atomic E-state index is -0.514. The van der Waals surface area contributed by atoms with Gasteiger partial charge in [0.1, 0.15) is 0 Å². The summed E-state index contributed by atoms with van der Waals surface area (Å²) in [5, 5.41) is 4.92. The lowest BCUT2D eigenvalue weighted by Crippen LogP contribution is -2.48. The largest absolute Gasteiger partial charge is 0.366 e. The molecule has 114 valence electrons. The van der Waals surface area contributed by atoms with E-state index in [1.165, 1.54) is 11.3 Å². The van der Waals surface area contributed by atoms with E-state index in [2.05, 4.69) is 10.3 Å². The van der Waals surface area contributed by atoms with Gasteiger partial charge in [-0.15, -0.1) is 11.3 Å². The second-order valence-electron chi connectivity index (χ2n) is 5.07. The number of hydrogen-bond acceptors (Lipinski definition) is 5. The number of carbonyl (C=O) groups excluding carboxylic acids is 2. The highest BCUT2D eigenvalue weighted by molar-refractivity contribution is 7.12. The van der Waals surface area contributed by atoms with Crippen molar-refractivity contribution in [1.29, 1.82) is 0 Å². The number of carbonyl (C=O) groups is 2. The van der Waals surface area contributed by atoms with E-state index < -0.39 is 5.91 Å². The lowest BCUT2D eigenvalue weighted by Gasteiger charge is -2.36. The first-order valence-corrected chi connectivity index (χ1v) is 7.84.